The minimum Gasteiger partial charge on any atom is -0.377 e. The van der Waals surface area contributed by atoms with Crippen molar-refractivity contribution in [1.82, 2.24) is 5.32 Å². The average Bonchev–Trinajstić information content (AvgIpc) is 2.81. The van der Waals surface area contributed by atoms with E-state index in [0.717, 1.165) is 13.2 Å². The molecule has 16 heavy (non-hydrogen) atoms. The fraction of sp³-hybridized carbons (Fsp3) is 1.00. The number of hydrogen-bond acceptors (Lipinski definition) is 3. The van der Waals surface area contributed by atoms with Crippen molar-refractivity contribution in [2.75, 3.05) is 24.7 Å². The van der Waals surface area contributed by atoms with Crippen molar-refractivity contribution in [2.24, 2.45) is 0 Å². The molecule has 0 radical (unpaired) electrons. The van der Waals surface area contributed by atoms with Crippen molar-refractivity contribution < 1.29 is 4.74 Å². The highest BCUT2D eigenvalue weighted by Gasteiger charge is 2.21. The summed E-state index contributed by atoms with van der Waals surface area (Å²) < 4.78 is 5.66. The molecule has 0 aromatic heterocycles. The van der Waals surface area contributed by atoms with Crippen LogP contribution in [0.5, 0.6) is 0 Å². The molecule has 1 saturated heterocycles. The molecule has 96 valence electrons. The van der Waals surface area contributed by atoms with Crippen LogP contribution in [-0.2, 0) is 4.74 Å². The lowest BCUT2D eigenvalue weighted by molar-refractivity contribution is 0.0844. The van der Waals surface area contributed by atoms with Crippen molar-refractivity contribution in [2.45, 2.75) is 58.1 Å². The van der Waals surface area contributed by atoms with Crippen LogP contribution >= 0.6 is 11.8 Å². The van der Waals surface area contributed by atoms with E-state index in [1.54, 1.807) is 0 Å². The Labute approximate surface area is 105 Å². The molecule has 0 amide bonds. The van der Waals surface area contributed by atoms with Crippen molar-refractivity contribution in [3.8, 4) is 0 Å². The predicted molar refractivity (Wildman–Crippen MR) is 73.3 cm³/mol. The number of thioether (sulfide) groups is 1. The Kier molecular flexibility index (Phi) is 8.34. The third-order valence-electron chi connectivity index (χ3n) is 3.13. The van der Waals surface area contributed by atoms with Crippen molar-refractivity contribution in [1.29, 1.82) is 0 Å². The second-order valence-electron chi connectivity index (χ2n) is 4.61. The van der Waals surface area contributed by atoms with E-state index in [0.29, 0.717) is 12.1 Å². The van der Waals surface area contributed by atoms with Crippen molar-refractivity contribution >= 4 is 11.8 Å². The Bertz CT molecular complexity index is 160. The molecule has 1 N–H and O–H groups in total. The van der Waals surface area contributed by atoms with Gasteiger partial charge < -0.3 is 10.1 Å². The molecule has 0 spiro atoms. The van der Waals surface area contributed by atoms with Crippen LogP contribution in [0, 0.1) is 0 Å². The highest BCUT2D eigenvalue weighted by atomic mass is 32.2. The average molecular weight is 245 g/mol. The molecular formula is C13H27NOS. The van der Waals surface area contributed by atoms with Gasteiger partial charge in [0.2, 0.25) is 0 Å². The Hall–Kier alpha value is 0.270. The molecule has 2 unspecified atom stereocenters. The molecule has 0 bridgehead atoms. The van der Waals surface area contributed by atoms with E-state index in [4.69, 9.17) is 4.74 Å². The first kappa shape index (κ1) is 14.3. The zero-order chi connectivity index (χ0) is 11.6. The van der Waals surface area contributed by atoms with Gasteiger partial charge in [-0.25, -0.2) is 0 Å². The molecule has 0 aromatic rings. The quantitative estimate of drug-likeness (QED) is 0.631. The first-order chi connectivity index (χ1) is 7.84. The molecule has 1 heterocycles. The molecule has 1 aliphatic heterocycles. The Morgan fingerprint density at radius 3 is 2.94 bits per heavy atom. The van der Waals surface area contributed by atoms with E-state index in [-0.39, 0.29) is 0 Å². The first-order valence-corrected chi connectivity index (χ1v) is 7.92. The summed E-state index contributed by atoms with van der Waals surface area (Å²) in [5, 5.41) is 3.57. The van der Waals surface area contributed by atoms with Crippen LogP contribution in [0.15, 0.2) is 0 Å². The monoisotopic (exact) mass is 245 g/mol. The van der Waals surface area contributed by atoms with E-state index >= 15 is 0 Å². The minimum atomic E-state index is 0.463. The lowest BCUT2D eigenvalue weighted by Crippen LogP contribution is -2.38. The highest BCUT2D eigenvalue weighted by molar-refractivity contribution is 7.99. The van der Waals surface area contributed by atoms with E-state index in [1.165, 1.54) is 43.6 Å². The maximum absolute atomic E-state index is 5.66. The van der Waals surface area contributed by atoms with Gasteiger partial charge in [-0.15, -0.1) is 0 Å². The number of unbranched alkanes of at least 4 members (excludes halogenated alkanes) is 2. The summed E-state index contributed by atoms with van der Waals surface area (Å²) in [4.78, 5) is 0. The summed E-state index contributed by atoms with van der Waals surface area (Å²) in [6.45, 7) is 6.59. The number of nitrogens with one attached hydrogen (secondary N) is 1. The van der Waals surface area contributed by atoms with Gasteiger partial charge in [-0.1, -0.05) is 19.8 Å². The Morgan fingerprint density at radius 2 is 2.25 bits per heavy atom. The van der Waals surface area contributed by atoms with Gasteiger partial charge in [0.05, 0.1) is 6.10 Å². The number of hydrogen-bond donors (Lipinski definition) is 1. The summed E-state index contributed by atoms with van der Waals surface area (Å²) in [6.07, 6.45) is 7.02. The molecule has 0 saturated carbocycles. The van der Waals surface area contributed by atoms with Crippen LogP contribution in [0.4, 0.5) is 0 Å². The van der Waals surface area contributed by atoms with Crippen molar-refractivity contribution in [3.63, 3.8) is 0 Å². The first-order valence-electron chi connectivity index (χ1n) is 6.77. The molecular weight excluding hydrogens is 218 g/mol. The highest BCUT2D eigenvalue weighted by Crippen LogP contribution is 2.15. The van der Waals surface area contributed by atoms with Crippen LogP contribution in [0.3, 0.4) is 0 Å². The molecule has 1 rings (SSSR count). The lowest BCUT2D eigenvalue weighted by Gasteiger charge is -2.19. The summed E-state index contributed by atoms with van der Waals surface area (Å²) >= 11 is 2.07. The van der Waals surface area contributed by atoms with E-state index in [1.807, 2.05) is 0 Å². The van der Waals surface area contributed by atoms with Gasteiger partial charge in [-0.2, -0.15) is 11.8 Å². The summed E-state index contributed by atoms with van der Waals surface area (Å²) in [7, 11) is 0. The van der Waals surface area contributed by atoms with E-state index < -0.39 is 0 Å². The molecule has 1 fully saturated rings. The standard InChI is InChI=1S/C13H27NOS/c1-3-4-5-10-16-11-8-14-12(2)13-7-6-9-15-13/h12-14H,3-11H2,1-2H3. The number of rotatable bonds is 9. The number of ether oxygens (including phenoxy) is 1. The maximum atomic E-state index is 5.66. The van der Waals surface area contributed by atoms with Gasteiger partial charge in [0.25, 0.3) is 0 Å². The molecule has 2 atom stereocenters. The van der Waals surface area contributed by atoms with Crippen molar-refractivity contribution in [3.05, 3.63) is 0 Å². The summed E-state index contributed by atoms with van der Waals surface area (Å²) in [5.74, 6) is 2.56. The Balaban J connectivity index is 1.86. The Morgan fingerprint density at radius 1 is 1.38 bits per heavy atom. The van der Waals surface area contributed by atoms with E-state index in [9.17, 15) is 0 Å². The minimum absolute atomic E-state index is 0.463. The molecule has 1 aliphatic rings. The third kappa shape index (κ3) is 6.12. The normalized spacial score (nSPS) is 22.5. The van der Waals surface area contributed by atoms with Gasteiger partial charge >= 0.3 is 0 Å². The maximum Gasteiger partial charge on any atom is 0.0726 e. The van der Waals surface area contributed by atoms with Gasteiger partial charge in [-0.05, 0) is 31.9 Å². The van der Waals surface area contributed by atoms with Gasteiger partial charge in [-0.3, -0.25) is 0 Å². The largest absolute Gasteiger partial charge is 0.377 e. The molecule has 3 heteroatoms. The topological polar surface area (TPSA) is 21.3 Å². The van der Waals surface area contributed by atoms with Crippen LogP contribution in [0.1, 0.15) is 46.0 Å². The van der Waals surface area contributed by atoms with Gasteiger partial charge in [0, 0.05) is 24.9 Å². The third-order valence-corrected chi connectivity index (χ3v) is 4.20. The zero-order valence-corrected chi connectivity index (χ0v) is 11.7. The van der Waals surface area contributed by atoms with Gasteiger partial charge in [0.15, 0.2) is 0 Å². The van der Waals surface area contributed by atoms with Crippen LogP contribution in [-0.4, -0.2) is 36.8 Å². The molecule has 0 aliphatic carbocycles. The SMILES string of the molecule is CCCCCSCCNC(C)C1CCCO1. The summed E-state index contributed by atoms with van der Waals surface area (Å²) in [6, 6.07) is 0.527. The molecule has 0 aromatic carbocycles. The lowest BCUT2D eigenvalue weighted by atomic mass is 10.1. The molecule has 2 nitrogen and oxygen atoms in total. The zero-order valence-electron chi connectivity index (χ0n) is 10.8. The predicted octanol–water partition coefficient (Wildman–Crippen LogP) is 3.07. The van der Waals surface area contributed by atoms with Crippen LogP contribution in [0.25, 0.3) is 0 Å². The summed E-state index contributed by atoms with van der Waals surface area (Å²) in [5.41, 5.74) is 0. The van der Waals surface area contributed by atoms with Crippen LogP contribution < -0.4 is 5.32 Å². The smallest absolute Gasteiger partial charge is 0.0726 e. The second-order valence-corrected chi connectivity index (χ2v) is 5.84. The fourth-order valence-corrected chi connectivity index (χ4v) is 2.92. The fourth-order valence-electron chi connectivity index (χ4n) is 2.04. The van der Waals surface area contributed by atoms with E-state index in [2.05, 4.69) is 30.9 Å². The van der Waals surface area contributed by atoms with Gasteiger partial charge in [0.1, 0.15) is 0 Å². The van der Waals surface area contributed by atoms with Crippen LogP contribution in [0.2, 0.25) is 0 Å². The second kappa shape index (κ2) is 9.32.